The molecule has 2 aromatic rings. The molecule has 5 rings (SSSR count). The lowest BCUT2D eigenvalue weighted by Crippen LogP contribution is -2.55. The summed E-state index contributed by atoms with van der Waals surface area (Å²) in [6.07, 6.45) is 1.38. The van der Waals surface area contributed by atoms with E-state index in [4.69, 9.17) is 11.6 Å². The summed E-state index contributed by atoms with van der Waals surface area (Å²) in [6.45, 7) is 6.50. The molecule has 1 amide bonds. The number of β-amino-alcohol motifs (C(OH)–C–C–N with tert-alkyl or cyclic N) is 1. The van der Waals surface area contributed by atoms with Crippen LogP contribution in [0.15, 0.2) is 30.6 Å². The summed E-state index contributed by atoms with van der Waals surface area (Å²) in [5.41, 5.74) is 2.73. The molecule has 33 heavy (non-hydrogen) atoms. The van der Waals surface area contributed by atoms with Crippen molar-refractivity contribution in [2.75, 3.05) is 50.7 Å². The maximum Gasteiger partial charge on any atom is 0.231 e. The molecule has 3 aliphatic rings. The average Bonchev–Trinajstić information content (AvgIpc) is 3.10. The standard InChI is InChI=1S/C24H30ClN5O3/c1-15-10-20(32)22-21(15)23(27-14-26-22)29-6-8-30(9-7-29)24(33)19(13-28-11-18(31)12-28)16-2-4-17(25)5-3-16/h2-5,14-15,18-20,31-32H,6-13H2,1H3/t15-,19-,20-/m1/s1. The first kappa shape index (κ1) is 22.5. The van der Waals surface area contributed by atoms with Gasteiger partial charge >= 0.3 is 0 Å². The van der Waals surface area contributed by atoms with Gasteiger partial charge in [0, 0.05) is 56.4 Å². The summed E-state index contributed by atoms with van der Waals surface area (Å²) in [5, 5.41) is 20.6. The summed E-state index contributed by atoms with van der Waals surface area (Å²) in [4.78, 5) is 28.7. The van der Waals surface area contributed by atoms with Crippen LogP contribution < -0.4 is 4.90 Å². The Morgan fingerprint density at radius 1 is 1.12 bits per heavy atom. The van der Waals surface area contributed by atoms with E-state index in [-0.39, 0.29) is 23.8 Å². The van der Waals surface area contributed by atoms with E-state index < -0.39 is 6.10 Å². The van der Waals surface area contributed by atoms with Gasteiger partial charge in [0.05, 0.1) is 23.8 Å². The third kappa shape index (κ3) is 4.45. The number of amides is 1. The van der Waals surface area contributed by atoms with Gasteiger partial charge in [-0.15, -0.1) is 0 Å². The number of carbonyl (C=O) groups excluding carboxylic acids is 1. The average molecular weight is 472 g/mol. The van der Waals surface area contributed by atoms with Gasteiger partial charge < -0.3 is 20.0 Å². The molecule has 0 unspecified atom stereocenters. The summed E-state index contributed by atoms with van der Waals surface area (Å²) in [7, 11) is 0. The van der Waals surface area contributed by atoms with Crippen LogP contribution in [0.1, 0.15) is 48.1 Å². The minimum Gasteiger partial charge on any atom is -0.390 e. The number of aliphatic hydroxyl groups is 2. The summed E-state index contributed by atoms with van der Waals surface area (Å²) < 4.78 is 0. The van der Waals surface area contributed by atoms with Crippen molar-refractivity contribution in [3.63, 3.8) is 0 Å². The molecule has 3 atom stereocenters. The van der Waals surface area contributed by atoms with Crippen LogP contribution in [0.4, 0.5) is 5.82 Å². The molecule has 0 spiro atoms. The number of carbonyl (C=O) groups is 1. The SMILES string of the molecule is C[C@@H]1C[C@@H](O)c2ncnc(N3CCN(C(=O)[C@H](CN4CC(O)C4)c4ccc(Cl)cc4)CC3)c21. The fourth-order valence-corrected chi connectivity index (χ4v) is 5.41. The molecule has 2 aliphatic heterocycles. The summed E-state index contributed by atoms with van der Waals surface area (Å²) in [6, 6.07) is 7.50. The number of hydrogen-bond donors (Lipinski definition) is 2. The van der Waals surface area contributed by atoms with Gasteiger partial charge in [0.25, 0.3) is 0 Å². The zero-order valence-electron chi connectivity index (χ0n) is 18.8. The van der Waals surface area contributed by atoms with Crippen LogP contribution in [0.3, 0.4) is 0 Å². The van der Waals surface area contributed by atoms with Crippen molar-refractivity contribution < 1.29 is 15.0 Å². The Balaban J connectivity index is 1.29. The zero-order valence-corrected chi connectivity index (χ0v) is 19.5. The molecule has 9 heteroatoms. The molecule has 0 radical (unpaired) electrons. The number of likely N-dealkylation sites (tertiary alicyclic amines) is 1. The number of piperazine rings is 1. The maximum atomic E-state index is 13.6. The van der Waals surface area contributed by atoms with Crippen molar-refractivity contribution in [1.82, 2.24) is 19.8 Å². The Kier molecular flexibility index (Phi) is 6.26. The minimum absolute atomic E-state index is 0.107. The lowest BCUT2D eigenvalue weighted by Gasteiger charge is -2.41. The zero-order chi connectivity index (χ0) is 23.1. The molecule has 8 nitrogen and oxygen atoms in total. The molecule has 2 saturated heterocycles. The first-order valence-corrected chi connectivity index (χ1v) is 12.0. The van der Waals surface area contributed by atoms with E-state index in [1.165, 1.54) is 6.33 Å². The lowest BCUT2D eigenvalue weighted by molar-refractivity contribution is -0.134. The van der Waals surface area contributed by atoms with Crippen LogP contribution >= 0.6 is 11.6 Å². The van der Waals surface area contributed by atoms with Gasteiger partial charge in [-0.1, -0.05) is 30.7 Å². The maximum absolute atomic E-state index is 13.6. The first-order chi connectivity index (χ1) is 15.9. The molecule has 3 heterocycles. The number of hydrogen-bond acceptors (Lipinski definition) is 7. The van der Waals surface area contributed by atoms with Crippen LogP contribution in [0.2, 0.25) is 5.02 Å². The topological polar surface area (TPSA) is 93.0 Å². The fourth-order valence-electron chi connectivity index (χ4n) is 5.28. The Bertz CT molecular complexity index is 1010. The van der Waals surface area contributed by atoms with E-state index in [2.05, 4.69) is 26.7 Å². The molecular formula is C24H30ClN5O3. The highest BCUT2D eigenvalue weighted by atomic mass is 35.5. The van der Waals surface area contributed by atoms with Gasteiger partial charge in [-0.3, -0.25) is 9.69 Å². The van der Waals surface area contributed by atoms with Crippen molar-refractivity contribution in [3.05, 3.63) is 52.4 Å². The fraction of sp³-hybridized carbons (Fsp3) is 0.542. The van der Waals surface area contributed by atoms with E-state index in [1.807, 2.05) is 29.2 Å². The first-order valence-electron chi connectivity index (χ1n) is 11.6. The summed E-state index contributed by atoms with van der Waals surface area (Å²) in [5.74, 6) is 0.918. The Morgan fingerprint density at radius 2 is 1.82 bits per heavy atom. The van der Waals surface area contributed by atoms with Crippen molar-refractivity contribution in [1.29, 1.82) is 0 Å². The number of fused-ring (bicyclic) bond motifs is 1. The highest BCUT2D eigenvalue weighted by molar-refractivity contribution is 6.30. The molecule has 1 aliphatic carbocycles. The number of aromatic nitrogens is 2. The van der Waals surface area contributed by atoms with E-state index in [1.54, 1.807) is 0 Å². The Morgan fingerprint density at radius 3 is 2.48 bits per heavy atom. The normalized spacial score (nSPS) is 24.5. The number of aliphatic hydroxyl groups excluding tert-OH is 2. The highest BCUT2D eigenvalue weighted by Crippen LogP contribution is 2.42. The van der Waals surface area contributed by atoms with Crippen LogP contribution in [-0.4, -0.2) is 87.8 Å². The van der Waals surface area contributed by atoms with Crippen LogP contribution in [0.25, 0.3) is 0 Å². The smallest absolute Gasteiger partial charge is 0.231 e. The molecule has 176 valence electrons. The molecule has 2 fully saturated rings. The second-order valence-corrected chi connectivity index (χ2v) is 9.87. The second kappa shape index (κ2) is 9.18. The Hall–Kier alpha value is -2.26. The predicted octanol–water partition coefficient (Wildman–Crippen LogP) is 1.78. The van der Waals surface area contributed by atoms with Crippen molar-refractivity contribution in [3.8, 4) is 0 Å². The lowest BCUT2D eigenvalue weighted by atomic mass is 9.95. The van der Waals surface area contributed by atoms with E-state index in [0.717, 1.165) is 22.6 Å². The van der Waals surface area contributed by atoms with Crippen LogP contribution in [0.5, 0.6) is 0 Å². The predicted molar refractivity (Wildman–Crippen MR) is 125 cm³/mol. The highest BCUT2D eigenvalue weighted by Gasteiger charge is 2.36. The molecule has 0 saturated carbocycles. The number of rotatable bonds is 5. The van der Waals surface area contributed by atoms with Gasteiger partial charge in [-0.05, 0) is 30.0 Å². The number of benzene rings is 1. The van der Waals surface area contributed by atoms with Gasteiger partial charge in [0.2, 0.25) is 5.91 Å². The van der Waals surface area contributed by atoms with Gasteiger partial charge in [-0.25, -0.2) is 9.97 Å². The third-order valence-electron chi connectivity index (χ3n) is 7.12. The van der Waals surface area contributed by atoms with Gasteiger partial charge in [0.15, 0.2) is 0 Å². The van der Waals surface area contributed by atoms with Crippen molar-refractivity contribution in [2.24, 2.45) is 0 Å². The van der Waals surface area contributed by atoms with E-state index >= 15 is 0 Å². The van der Waals surface area contributed by atoms with Gasteiger partial charge in [-0.2, -0.15) is 0 Å². The third-order valence-corrected chi connectivity index (χ3v) is 7.37. The summed E-state index contributed by atoms with van der Waals surface area (Å²) >= 11 is 6.07. The quantitative estimate of drug-likeness (QED) is 0.686. The number of nitrogens with zero attached hydrogens (tertiary/aromatic N) is 5. The molecule has 2 N–H and O–H groups in total. The van der Waals surface area contributed by atoms with E-state index in [0.29, 0.717) is 57.3 Å². The molecule has 1 aromatic carbocycles. The largest absolute Gasteiger partial charge is 0.390 e. The monoisotopic (exact) mass is 471 g/mol. The Labute approximate surface area is 198 Å². The second-order valence-electron chi connectivity index (χ2n) is 9.44. The number of halogens is 1. The van der Waals surface area contributed by atoms with E-state index in [9.17, 15) is 15.0 Å². The van der Waals surface area contributed by atoms with Gasteiger partial charge in [0.1, 0.15) is 12.1 Å². The van der Waals surface area contributed by atoms with Crippen molar-refractivity contribution >= 4 is 23.3 Å². The molecular weight excluding hydrogens is 442 g/mol. The van der Waals surface area contributed by atoms with Crippen LogP contribution in [-0.2, 0) is 4.79 Å². The molecule has 0 bridgehead atoms. The van der Waals surface area contributed by atoms with Crippen LogP contribution in [0, 0.1) is 0 Å². The molecule has 1 aromatic heterocycles. The minimum atomic E-state index is -0.528. The van der Waals surface area contributed by atoms with Crippen molar-refractivity contribution in [2.45, 2.75) is 37.4 Å². The number of anilines is 1.